The summed E-state index contributed by atoms with van der Waals surface area (Å²) in [4.78, 5) is 30.7. The smallest absolute Gasteiger partial charge is 0.254 e. The average molecular weight is 353 g/mol. The Morgan fingerprint density at radius 1 is 1.15 bits per heavy atom. The van der Waals surface area contributed by atoms with E-state index in [-0.39, 0.29) is 17.9 Å². The fourth-order valence-corrected chi connectivity index (χ4v) is 2.94. The lowest BCUT2D eigenvalue weighted by molar-refractivity contribution is 0.0303. The van der Waals surface area contributed by atoms with Crippen molar-refractivity contribution in [2.75, 3.05) is 26.3 Å². The maximum Gasteiger partial charge on any atom is 0.254 e. The molecule has 3 rings (SSSR count). The van der Waals surface area contributed by atoms with Gasteiger partial charge in [0.2, 0.25) is 0 Å². The number of nitrogens with zero attached hydrogens (tertiary/aromatic N) is 2. The van der Waals surface area contributed by atoms with Crippen LogP contribution in [0, 0.1) is 0 Å². The van der Waals surface area contributed by atoms with E-state index in [0.29, 0.717) is 43.9 Å². The standard InChI is InChI=1S/C20H23N3O3/c1-15(13-16-3-2-8-21-14-16)22-19(24)17-4-6-18(7-5-17)20(25)23-9-11-26-12-10-23/h2-8,14-15H,9-13H2,1H3,(H,22,24)/t15-/m0/s1. The summed E-state index contributed by atoms with van der Waals surface area (Å²) in [7, 11) is 0. The summed E-state index contributed by atoms with van der Waals surface area (Å²) in [5.74, 6) is -0.169. The van der Waals surface area contributed by atoms with Gasteiger partial charge in [0, 0.05) is 42.7 Å². The van der Waals surface area contributed by atoms with Crippen LogP contribution in [0.25, 0.3) is 0 Å². The minimum absolute atomic E-state index is 0.0126. The first-order valence-corrected chi connectivity index (χ1v) is 8.80. The quantitative estimate of drug-likeness (QED) is 0.891. The van der Waals surface area contributed by atoms with Crippen molar-refractivity contribution in [1.82, 2.24) is 15.2 Å². The van der Waals surface area contributed by atoms with Crippen LogP contribution >= 0.6 is 0 Å². The monoisotopic (exact) mass is 353 g/mol. The van der Waals surface area contributed by atoms with Gasteiger partial charge in [-0.2, -0.15) is 0 Å². The number of hydrogen-bond donors (Lipinski definition) is 1. The van der Waals surface area contributed by atoms with Gasteiger partial charge in [0.05, 0.1) is 13.2 Å². The van der Waals surface area contributed by atoms with E-state index < -0.39 is 0 Å². The third-order valence-electron chi connectivity index (χ3n) is 4.33. The molecule has 1 N–H and O–H groups in total. The lowest BCUT2D eigenvalue weighted by atomic mass is 10.1. The van der Waals surface area contributed by atoms with E-state index >= 15 is 0 Å². The molecule has 6 nitrogen and oxygen atoms in total. The molecular formula is C20H23N3O3. The average Bonchev–Trinajstić information content (AvgIpc) is 2.69. The molecule has 1 aromatic heterocycles. The Bertz CT molecular complexity index is 741. The molecule has 1 atom stereocenters. The highest BCUT2D eigenvalue weighted by molar-refractivity contribution is 5.98. The van der Waals surface area contributed by atoms with Gasteiger partial charge in [0.1, 0.15) is 0 Å². The highest BCUT2D eigenvalue weighted by Crippen LogP contribution is 2.10. The minimum Gasteiger partial charge on any atom is -0.378 e. The first-order chi connectivity index (χ1) is 12.6. The van der Waals surface area contributed by atoms with Crippen molar-refractivity contribution in [3.05, 3.63) is 65.5 Å². The number of morpholine rings is 1. The molecule has 0 unspecified atom stereocenters. The van der Waals surface area contributed by atoms with Gasteiger partial charge in [-0.1, -0.05) is 6.07 Å². The van der Waals surface area contributed by atoms with Crippen LogP contribution in [0.3, 0.4) is 0 Å². The molecule has 0 radical (unpaired) electrons. The molecule has 0 saturated carbocycles. The molecule has 1 saturated heterocycles. The predicted octanol–water partition coefficient (Wildman–Crippen LogP) is 1.91. The minimum atomic E-state index is -0.147. The molecule has 2 aromatic rings. The maximum absolute atomic E-state index is 12.4. The van der Waals surface area contributed by atoms with Gasteiger partial charge in [-0.3, -0.25) is 14.6 Å². The van der Waals surface area contributed by atoms with Gasteiger partial charge in [-0.05, 0) is 49.2 Å². The molecule has 0 bridgehead atoms. The number of ether oxygens (including phenoxy) is 1. The van der Waals surface area contributed by atoms with Gasteiger partial charge >= 0.3 is 0 Å². The summed E-state index contributed by atoms with van der Waals surface area (Å²) in [5, 5.41) is 2.98. The Hall–Kier alpha value is -2.73. The number of carbonyl (C=O) groups is 2. The molecule has 1 aromatic carbocycles. The zero-order valence-electron chi connectivity index (χ0n) is 14.9. The number of rotatable bonds is 5. The first-order valence-electron chi connectivity index (χ1n) is 8.80. The third-order valence-corrected chi connectivity index (χ3v) is 4.33. The van der Waals surface area contributed by atoms with Gasteiger partial charge in [-0.25, -0.2) is 0 Å². The van der Waals surface area contributed by atoms with E-state index in [1.165, 1.54) is 0 Å². The van der Waals surface area contributed by atoms with Crippen LogP contribution in [0.1, 0.15) is 33.2 Å². The Morgan fingerprint density at radius 2 is 1.85 bits per heavy atom. The molecule has 6 heteroatoms. The normalized spacial score (nSPS) is 15.3. The second kappa shape index (κ2) is 8.58. The van der Waals surface area contributed by atoms with Crippen LogP contribution in [0.4, 0.5) is 0 Å². The van der Waals surface area contributed by atoms with E-state index in [0.717, 1.165) is 5.56 Å². The fourth-order valence-electron chi connectivity index (χ4n) is 2.94. The van der Waals surface area contributed by atoms with Crippen molar-refractivity contribution in [1.29, 1.82) is 0 Å². The number of carbonyl (C=O) groups excluding carboxylic acids is 2. The van der Waals surface area contributed by atoms with Crippen molar-refractivity contribution < 1.29 is 14.3 Å². The largest absolute Gasteiger partial charge is 0.378 e. The summed E-state index contributed by atoms with van der Waals surface area (Å²) < 4.78 is 5.27. The van der Waals surface area contributed by atoms with Crippen LogP contribution in [-0.4, -0.2) is 54.0 Å². The second-order valence-corrected chi connectivity index (χ2v) is 6.42. The van der Waals surface area contributed by atoms with Gasteiger partial charge in [0.15, 0.2) is 0 Å². The number of amides is 2. The number of aromatic nitrogens is 1. The van der Waals surface area contributed by atoms with E-state index in [9.17, 15) is 9.59 Å². The predicted molar refractivity (Wildman–Crippen MR) is 98.0 cm³/mol. The van der Waals surface area contributed by atoms with Crippen molar-refractivity contribution in [3.63, 3.8) is 0 Å². The number of hydrogen-bond acceptors (Lipinski definition) is 4. The SMILES string of the molecule is C[C@@H](Cc1cccnc1)NC(=O)c1ccc(C(=O)N2CCOCC2)cc1. The van der Waals surface area contributed by atoms with Crippen LogP contribution in [0.2, 0.25) is 0 Å². The maximum atomic E-state index is 12.4. The van der Waals surface area contributed by atoms with Crippen LogP contribution < -0.4 is 5.32 Å². The van der Waals surface area contributed by atoms with E-state index in [2.05, 4.69) is 10.3 Å². The lowest BCUT2D eigenvalue weighted by Crippen LogP contribution is -2.40. The molecule has 1 aliphatic rings. The summed E-state index contributed by atoms with van der Waals surface area (Å²) >= 11 is 0. The van der Waals surface area contributed by atoms with Gasteiger partial charge < -0.3 is 15.0 Å². The molecule has 1 aliphatic heterocycles. The molecular weight excluding hydrogens is 330 g/mol. The van der Waals surface area contributed by atoms with Crippen LogP contribution in [-0.2, 0) is 11.2 Å². The first kappa shape index (κ1) is 18.1. The van der Waals surface area contributed by atoms with Crippen LogP contribution in [0.15, 0.2) is 48.8 Å². The zero-order chi connectivity index (χ0) is 18.4. The summed E-state index contributed by atoms with van der Waals surface area (Å²) in [6.45, 7) is 4.31. The van der Waals surface area contributed by atoms with Crippen LogP contribution in [0.5, 0.6) is 0 Å². The summed E-state index contributed by atoms with van der Waals surface area (Å²) in [6, 6.07) is 10.7. The molecule has 1 fully saturated rings. The number of benzene rings is 1. The van der Waals surface area contributed by atoms with Crippen molar-refractivity contribution in [3.8, 4) is 0 Å². The van der Waals surface area contributed by atoms with Crippen molar-refractivity contribution in [2.24, 2.45) is 0 Å². The zero-order valence-corrected chi connectivity index (χ0v) is 14.9. The van der Waals surface area contributed by atoms with E-state index in [1.807, 2.05) is 19.1 Å². The molecule has 0 aliphatic carbocycles. The number of pyridine rings is 1. The Morgan fingerprint density at radius 3 is 2.50 bits per heavy atom. The van der Waals surface area contributed by atoms with Crippen molar-refractivity contribution >= 4 is 11.8 Å². The molecule has 26 heavy (non-hydrogen) atoms. The highest BCUT2D eigenvalue weighted by atomic mass is 16.5. The topological polar surface area (TPSA) is 71.5 Å². The number of nitrogens with one attached hydrogen (secondary N) is 1. The second-order valence-electron chi connectivity index (χ2n) is 6.42. The summed E-state index contributed by atoms with van der Waals surface area (Å²) in [5.41, 5.74) is 2.21. The lowest BCUT2D eigenvalue weighted by Gasteiger charge is -2.26. The summed E-state index contributed by atoms with van der Waals surface area (Å²) in [6.07, 6.45) is 4.24. The Balaban J connectivity index is 1.57. The van der Waals surface area contributed by atoms with E-state index in [4.69, 9.17) is 4.74 Å². The highest BCUT2D eigenvalue weighted by Gasteiger charge is 2.19. The Labute approximate surface area is 153 Å². The fraction of sp³-hybridized carbons (Fsp3) is 0.350. The molecule has 136 valence electrons. The van der Waals surface area contributed by atoms with Gasteiger partial charge in [0.25, 0.3) is 11.8 Å². The van der Waals surface area contributed by atoms with E-state index in [1.54, 1.807) is 41.6 Å². The third kappa shape index (κ3) is 4.67. The van der Waals surface area contributed by atoms with Crippen molar-refractivity contribution in [2.45, 2.75) is 19.4 Å². The molecule has 0 spiro atoms. The Kier molecular flexibility index (Phi) is 5.96. The molecule has 2 heterocycles. The van der Waals surface area contributed by atoms with Gasteiger partial charge in [-0.15, -0.1) is 0 Å². The molecule has 2 amide bonds.